The van der Waals surface area contributed by atoms with Gasteiger partial charge in [0.05, 0.1) is 5.38 Å². The monoisotopic (exact) mass is 196 g/mol. The van der Waals surface area contributed by atoms with Crippen LogP contribution < -0.4 is 4.74 Å². The van der Waals surface area contributed by atoms with Crippen molar-refractivity contribution >= 4 is 17.4 Å². The minimum Gasteiger partial charge on any atom is -0.485 e. The molecule has 1 aromatic rings. The van der Waals surface area contributed by atoms with Crippen LogP contribution in [0.5, 0.6) is 5.75 Å². The fourth-order valence-corrected chi connectivity index (χ4v) is 1.75. The third-order valence-electron chi connectivity index (χ3n) is 2.05. The van der Waals surface area contributed by atoms with Crippen LogP contribution in [-0.4, -0.2) is 12.4 Å². The van der Waals surface area contributed by atoms with Crippen LogP contribution in [0.15, 0.2) is 24.3 Å². The smallest absolute Gasteiger partial charge is 0.172 e. The van der Waals surface area contributed by atoms with E-state index in [9.17, 15) is 4.79 Å². The molecule has 0 saturated carbocycles. The highest BCUT2D eigenvalue weighted by Gasteiger charge is 2.21. The van der Waals surface area contributed by atoms with Gasteiger partial charge in [0.2, 0.25) is 0 Å². The van der Waals surface area contributed by atoms with Crippen molar-refractivity contribution in [2.75, 3.05) is 6.61 Å². The van der Waals surface area contributed by atoms with Crippen molar-refractivity contribution in [3.05, 3.63) is 29.8 Å². The van der Waals surface area contributed by atoms with Gasteiger partial charge >= 0.3 is 0 Å². The average molecular weight is 197 g/mol. The summed E-state index contributed by atoms with van der Waals surface area (Å²) < 4.78 is 5.30. The van der Waals surface area contributed by atoms with Crippen LogP contribution >= 0.6 is 11.6 Å². The number of hydrogen-bond acceptors (Lipinski definition) is 2. The first kappa shape index (κ1) is 8.57. The van der Waals surface area contributed by atoms with E-state index in [4.69, 9.17) is 16.3 Å². The van der Waals surface area contributed by atoms with Crippen molar-refractivity contribution in [1.82, 2.24) is 0 Å². The fourth-order valence-electron chi connectivity index (χ4n) is 1.40. The van der Waals surface area contributed by atoms with Crippen LogP contribution in [0.2, 0.25) is 0 Å². The van der Waals surface area contributed by atoms with Crippen molar-refractivity contribution < 1.29 is 9.53 Å². The second-order valence-corrected chi connectivity index (χ2v) is 3.56. The number of ether oxygens (including phenoxy) is 1. The maximum absolute atomic E-state index is 11.2. The molecule has 2 nitrogen and oxygen atoms in total. The Bertz CT molecular complexity index is 335. The second-order valence-electron chi connectivity index (χ2n) is 3.04. The van der Waals surface area contributed by atoms with Gasteiger partial charge in [0, 0.05) is 12.0 Å². The topological polar surface area (TPSA) is 26.3 Å². The third-order valence-corrected chi connectivity index (χ3v) is 2.44. The van der Waals surface area contributed by atoms with Gasteiger partial charge in [-0.3, -0.25) is 4.79 Å². The first-order chi connectivity index (χ1) is 6.27. The highest BCUT2D eigenvalue weighted by atomic mass is 35.5. The molecule has 1 aromatic carbocycles. The molecule has 0 spiro atoms. The SMILES string of the molecule is O=C1COc2ccccc2C(Cl)C1. The number of carbonyl (C=O) groups is 1. The molecule has 1 heterocycles. The summed E-state index contributed by atoms with van der Waals surface area (Å²) in [5.74, 6) is 0.782. The number of alkyl halides is 1. The molecular weight excluding hydrogens is 188 g/mol. The molecule has 1 aliphatic rings. The summed E-state index contributed by atoms with van der Waals surface area (Å²) in [4.78, 5) is 11.2. The van der Waals surface area contributed by atoms with Crippen molar-refractivity contribution in [2.24, 2.45) is 0 Å². The lowest BCUT2D eigenvalue weighted by Gasteiger charge is -2.07. The van der Waals surface area contributed by atoms with Gasteiger partial charge < -0.3 is 4.74 Å². The minimum absolute atomic E-state index is 0.0520. The van der Waals surface area contributed by atoms with Crippen molar-refractivity contribution in [3.8, 4) is 5.75 Å². The van der Waals surface area contributed by atoms with Crippen molar-refractivity contribution in [2.45, 2.75) is 11.8 Å². The van der Waals surface area contributed by atoms with Crippen molar-refractivity contribution in [1.29, 1.82) is 0 Å². The summed E-state index contributed by atoms with van der Waals surface area (Å²) >= 11 is 6.05. The quantitative estimate of drug-likeness (QED) is 0.596. The lowest BCUT2D eigenvalue weighted by molar-refractivity contribution is -0.120. The van der Waals surface area contributed by atoms with Gasteiger partial charge in [-0.1, -0.05) is 18.2 Å². The number of benzene rings is 1. The van der Waals surface area contributed by atoms with Gasteiger partial charge in [0.1, 0.15) is 12.4 Å². The van der Waals surface area contributed by atoms with E-state index in [1.165, 1.54) is 0 Å². The number of ketones is 1. The van der Waals surface area contributed by atoms with E-state index in [0.717, 1.165) is 11.3 Å². The molecule has 1 unspecified atom stereocenters. The third kappa shape index (κ3) is 1.68. The van der Waals surface area contributed by atoms with Gasteiger partial charge in [-0.15, -0.1) is 11.6 Å². The zero-order chi connectivity index (χ0) is 9.26. The first-order valence-corrected chi connectivity index (χ1v) is 4.58. The minimum atomic E-state index is -0.244. The Morgan fingerprint density at radius 2 is 2.15 bits per heavy atom. The van der Waals surface area contributed by atoms with E-state index in [1.54, 1.807) is 0 Å². The number of carbonyl (C=O) groups excluding carboxylic acids is 1. The average Bonchev–Trinajstić information content (AvgIpc) is 2.27. The Balaban J connectivity index is 2.40. The fraction of sp³-hybridized carbons (Fsp3) is 0.300. The van der Waals surface area contributed by atoms with Crippen LogP contribution in [0.1, 0.15) is 17.4 Å². The molecule has 13 heavy (non-hydrogen) atoms. The van der Waals surface area contributed by atoms with Crippen LogP contribution in [0.4, 0.5) is 0 Å². The maximum Gasteiger partial charge on any atom is 0.172 e. The summed E-state index contributed by atoms with van der Waals surface area (Å²) in [6.07, 6.45) is 0.360. The van der Waals surface area contributed by atoms with Gasteiger partial charge in [-0.25, -0.2) is 0 Å². The van der Waals surface area contributed by atoms with E-state index in [1.807, 2.05) is 24.3 Å². The number of Topliss-reactive ketones (excluding diaryl/α,β-unsaturated/α-hetero) is 1. The molecule has 3 heteroatoms. The zero-order valence-electron chi connectivity index (χ0n) is 7.00. The summed E-state index contributed by atoms with van der Waals surface area (Å²) in [6.45, 7) is 0.139. The number of halogens is 1. The summed E-state index contributed by atoms with van der Waals surface area (Å²) in [6, 6.07) is 7.50. The van der Waals surface area contributed by atoms with Crippen LogP contribution in [0.25, 0.3) is 0 Å². The van der Waals surface area contributed by atoms with E-state index in [2.05, 4.69) is 0 Å². The maximum atomic E-state index is 11.2. The lowest BCUT2D eigenvalue weighted by atomic mass is 10.1. The van der Waals surface area contributed by atoms with E-state index in [-0.39, 0.29) is 17.8 Å². The highest BCUT2D eigenvalue weighted by Crippen LogP contribution is 2.34. The molecule has 0 N–H and O–H groups in total. The molecule has 0 aromatic heterocycles. The molecule has 0 aliphatic carbocycles. The molecule has 68 valence electrons. The number of rotatable bonds is 0. The van der Waals surface area contributed by atoms with Crippen molar-refractivity contribution in [3.63, 3.8) is 0 Å². The van der Waals surface area contributed by atoms with Gasteiger partial charge in [-0.05, 0) is 6.07 Å². The van der Waals surface area contributed by atoms with Gasteiger partial charge in [-0.2, -0.15) is 0 Å². The predicted molar refractivity (Wildman–Crippen MR) is 50.2 cm³/mol. The second kappa shape index (κ2) is 3.38. The van der Waals surface area contributed by atoms with Gasteiger partial charge in [0.15, 0.2) is 5.78 Å². The molecule has 0 saturated heterocycles. The van der Waals surface area contributed by atoms with Crippen LogP contribution in [0.3, 0.4) is 0 Å². The Hall–Kier alpha value is -1.02. The highest BCUT2D eigenvalue weighted by molar-refractivity contribution is 6.22. The molecule has 1 aliphatic heterocycles. The zero-order valence-corrected chi connectivity index (χ0v) is 7.75. The van der Waals surface area contributed by atoms with E-state index >= 15 is 0 Å². The molecule has 1 atom stereocenters. The number of fused-ring (bicyclic) bond motifs is 1. The number of para-hydroxylation sites is 1. The molecule has 2 rings (SSSR count). The Morgan fingerprint density at radius 3 is 3.00 bits per heavy atom. The summed E-state index contributed by atoms with van der Waals surface area (Å²) in [5, 5.41) is -0.244. The molecule has 0 fully saturated rings. The molecule has 0 radical (unpaired) electrons. The molecule has 0 amide bonds. The largest absolute Gasteiger partial charge is 0.485 e. The summed E-state index contributed by atoms with van der Waals surface area (Å²) in [5.41, 5.74) is 0.912. The Morgan fingerprint density at radius 1 is 1.38 bits per heavy atom. The van der Waals surface area contributed by atoms with E-state index in [0.29, 0.717) is 6.42 Å². The normalized spacial score (nSPS) is 21.6. The van der Waals surface area contributed by atoms with Crippen LogP contribution in [-0.2, 0) is 4.79 Å². The van der Waals surface area contributed by atoms with E-state index < -0.39 is 0 Å². The Kier molecular flexibility index (Phi) is 2.23. The first-order valence-electron chi connectivity index (χ1n) is 4.15. The number of hydrogen-bond donors (Lipinski definition) is 0. The standard InChI is InChI=1S/C10H9ClO2/c11-9-5-7(12)6-13-10-4-2-1-3-8(9)10/h1-4,9H,5-6H2. The molecule has 0 bridgehead atoms. The van der Waals surface area contributed by atoms with Crippen LogP contribution in [0, 0.1) is 0 Å². The summed E-state index contributed by atoms with van der Waals surface area (Å²) in [7, 11) is 0. The lowest BCUT2D eigenvalue weighted by Crippen LogP contribution is -2.08. The molecular formula is C10H9ClO2. The van der Waals surface area contributed by atoms with Gasteiger partial charge in [0.25, 0.3) is 0 Å². The predicted octanol–water partition coefficient (Wildman–Crippen LogP) is 2.32. The Labute approximate surface area is 81.5 Å².